The molecule has 0 aromatic heterocycles. The molecule has 0 fully saturated rings. The molecule has 1 aliphatic rings. The number of nitrogens with zero attached hydrogens (tertiary/aromatic N) is 2. The van der Waals surface area contributed by atoms with Gasteiger partial charge in [-0.3, -0.25) is 19.4 Å². The highest BCUT2D eigenvalue weighted by Crippen LogP contribution is 2.33. The van der Waals surface area contributed by atoms with Gasteiger partial charge in [0.2, 0.25) is 11.8 Å². The van der Waals surface area contributed by atoms with Crippen LogP contribution in [0.4, 0.5) is 21.9 Å². The van der Waals surface area contributed by atoms with Crippen LogP contribution >= 0.6 is 0 Å². The van der Waals surface area contributed by atoms with E-state index in [0.29, 0.717) is 41.7 Å². The Kier molecular flexibility index (Phi) is 7.69. The van der Waals surface area contributed by atoms with E-state index in [2.05, 4.69) is 10.6 Å². The molecule has 36 heavy (non-hydrogen) atoms. The fraction of sp³-hybridized carbons (Fsp3) is 0.222. The molecule has 186 valence electrons. The fourth-order valence-corrected chi connectivity index (χ4v) is 3.89. The zero-order valence-corrected chi connectivity index (χ0v) is 20.2. The summed E-state index contributed by atoms with van der Waals surface area (Å²) in [7, 11) is 1.58. The number of methoxy groups -OCH3 is 1. The summed E-state index contributed by atoms with van der Waals surface area (Å²) in [4.78, 5) is 41.5. The number of anilines is 3. The molecule has 0 aliphatic carbocycles. The molecule has 0 unspecified atom stereocenters. The highest BCUT2D eigenvalue weighted by atomic mass is 16.5. The largest absolute Gasteiger partial charge is 0.497 e. The van der Waals surface area contributed by atoms with Crippen LogP contribution in [0, 0.1) is 0 Å². The van der Waals surface area contributed by atoms with E-state index < -0.39 is 6.03 Å². The molecule has 0 saturated heterocycles. The van der Waals surface area contributed by atoms with Crippen molar-refractivity contribution >= 4 is 34.9 Å². The number of carbonyl (C=O) groups is 3. The first-order valence-corrected chi connectivity index (χ1v) is 11.6. The highest BCUT2D eigenvalue weighted by Gasteiger charge is 2.33. The molecule has 0 bridgehead atoms. The van der Waals surface area contributed by atoms with Gasteiger partial charge in [0.05, 0.1) is 25.1 Å². The Morgan fingerprint density at radius 3 is 2.42 bits per heavy atom. The van der Waals surface area contributed by atoms with E-state index in [1.54, 1.807) is 55.6 Å². The third kappa shape index (κ3) is 5.75. The Morgan fingerprint density at radius 1 is 0.944 bits per heavy atom. The van der Waals surface area contributed by atoms with Crippen molar-refractivity contribution in [3.05, 3.63) is 78.4 Å². The van der Waals surface area contributed by atoms with Crippen LogP contribution in [0.15, 0.2) is 72.8 Å². The van der Waals surface area contributed by atoms with Gasteiger partial charge < -0.3 is 20.1 Å². The van der Waals surface area contributed by atoms with Crippen LogP contribution in [-0.4, -0.2) is 44.7 Å². The van der Waals surface area contributed by atoms with Crippen LogP contribution in [0.1, 0.15) is 12.5 Å². The molecule has 0 atom stereocenters. The normalized spacial score (nSPS) is 12.6. The number of hydrogen-bond acceptors (Lipinski definition) is 5. The van der Waals surface area contributed by atoms with Gasteiger partial charge in [-0.1, -0.05) is 24.3 Å². The first kappa shape index (κ1) is 24.6. The number of benzene rings is 3. The summed E-state index contributed by atoms with van der Waals surface area (Å²) >= 11 is 0. The number of amides is 4. The van der Waals surface area contributed by atoms with Crippen molar-refractivity contribution < 1.29 is 23.9 Å². The Balaban J connectivity index is 1.44. The van der Waals surface area contributed by atoms with Gasteiger partial charge in [-0.05, 0) is 61.0 Å². The minimum atomic E-state index is -0.443. The van der Waals surface area contributed by atoms with Gasteiger partial charge in [0, 0.05) is 12.2 Å². The first-order chi connectivity index (χ1) is 17.5. The predicted octanol–water partition coefficient (Wildman–Crippen LogP) is 3.80. The average molecular weight is 489 g/mol. The van der Waals surface area contributed by atoms with Crippen LogP contribution in [0.25, 0.3) is 0 Å². The second-order valence-corrected chi connectivity index (χ2v) is 8.07. The van der Waals surface area contributed by atoms with Gasteiger partial charge in [0.25, 0.3) is 0 Å². The van der Waals surface area contributed by atoms with Crippen LogP contribution in [0.2, 0.25) is 0 Å². The number of rotatable bonds is 8. The summed E-state index contributed by atoms with van der Waals surface area (Å²) in [5, 5.41) is 5.65. The molecular weight excluding hydrogens is 460 g/mol. The summed E-state index contributed by atoms with van der Waals surface area (Å²) in [5.41, 5.74) is 2.49. The molecule has 2 N–H and O–H groups in total. The van der Waals surface area contributed by atoms with Crippen molar-refractivity contribution in [2.45, 2.75) is 13.5 Å². The maximum atomic E-state index is 13.1. The highest BCUT2D eigenvalue weighted by molar-refractivity contribution is 6.15. The van der Waals surface area contributed by atoms with Crippen molar-refractivity contribution in [2.75, 3.05) is 41.9 Å². The summed E-state index contributed by atoms with van der Waals surface area (Å²) < 4.78 is 10.6. The third-order valence-corrected chi connectivity index (χ3v) is 5.65. The maximum Gasteiger partial charge on any atom is 0.326 e. The number of urea groups is 1. The van der Waals surface area contributed by atoms with E-state index in [9.17, 15) is 14.4 Å². The number of ether oxygens (including phenoxy) is 2. The maximum absolute atomic E-state index is 13.1. The van der Waals surface area contributed by atoms with Crippen LogP contribution < -0.4 is 29.9 Å². The van der Waals surface area contributed by atoms with E-state index in [1.165, 1.54) is 9.80 Å². The number of nitrogens with one attached hydrogen (secondary N) is 2. The lowest BCUT2D eigenvalue weighted by atomic mass is 10.1. The molecule has 1 heterocycles. The molecule has 4 rings (SSSR count). The number of carbonyl (C=O) groups excluding carboxylic acids is 3. The van der Waals surface area contributed by atoms with Crippen molar-refractivity contribution in [2.24, 2.45) is 0 Å². The fourth-order valence-electron chi connectivity index (χ4n) is 3.89. The monoisotopic (exact) mass is 488 g/mol. The lowest BCUT2D eigenvalue weighted by molar-refractivity contribution is -0.123. The topological polar surface area (TPSA) is 100 Å². The van der Waals surface area contributed by atoms with Crippen LogP contribution in [0.5, 0.6) is 11.5 Å². The van der Waals surface area contributed by atoms with Crippen molar-refractivity contribution in [3.8, 4) is 11.5 Å². The van der Waals surface area contributed by atoms with E-state index in [4.69, 9.17) is 9.47 Å². The number of fused-ring (bicyclic) bond motifs is 1. The average Bonchev–Trinajstić information content (AvgIpc) is 2.90. The smallest absolute Gasteiger partial charge is 0.326 e. The quantitative estimate of drug-likeness (QED) is 0.503. The SMILES string of the molecule is CCOc1ccc(NC(=O)N2CC(=O)N(CC(=O)NCc3cccc(OC)c3)c3ccccc32)cc1. The van der Waals surface area contributed by atoms with E-state index in [-0.39, 0.29) is 24.9 Å². The Morgan fingerprint density at radius 2 is 1.69 bits per heavy atom. The minimum absolute atomic E-state index is 0.159. The molecule has 3 aromatic rings. The number of hydrogen-bond donors (Lipinski definition) is 2. The van der Waals surface area contributed by atoms with Gasteiger partial charge in [-0.25, -0.2) is 4.79 Å². The predicted molar refractivity (Wildman–Crippen MR) is 138 cm³/mol. The van der Waals surface area contributed by atoms with Gasteiger partial charge in [0.1, 0.15) is 24.6 Å². The summed E-state index contributed by atoms with van der Waals surface area (Å²) in [5.74, 6) is 0.736. The molecule has 9 nitrogen and oxygen atoms in total. The van der Waals surface area contributed by atoms with Crippen molar-refractivity contribution in [1.82, 2.24) is 5.32 Å². The van der Waals surface area contributed by atoms with Crippen molar-refractivity contribution in [3.63, 3.8) is 0 Å². The standard InChI is InChI=1S/C27H28N4O5/c1-3-36-21-13-11-20(12-14-21)29-27(34)31-18-26(33)30(23-9-4-5-10-24(23)31)17-25(32)28-16-19-7-6-8-22(15-19)35-2/h4-15H,3,16-18H2,1-2H3,(H,28,32)(H,29,34). The summed E-state index contributed by atoms with van der Waals surface area (Å²) in [6.07, 6.45) is 0. The second-order valence-electron chi connectivity index (χ2n) is 8.07. The molecule has 0 radical (unpaired) electrons. The molecule has 0 spiro atoms. The molecule has 9 heteroatoms. The zero-order valence-electron chi connectivity index (χ0n) is 20.2. The summed E-state index contributed by atoms with van der Waals surface area (Å²) in [6, 6.07) is 21.0. The molecule has 1 aliphatic heterocycles. The van der Waals surface area contributed by atoms with Crippen LogP contribution in [0.3, 0.4) is 0 Å². The van der Waals surface area contributed by atoms with Crippen molar-refractivity contribution in [1.29, 1.82) is 0 Å². The van der Waals surface area contributed by atoms with Gasteiger partial charge in [-0.15, -0.1) is 0 Å². The first-order valence-electron chi connectivity index (χ1n) is 11.6. The van der Waals surface area contributed by atoms with E-state index in [1.807, 2.05) is 31.2 Å². The number of para-hydroxylation sites is 2. The van der Waals surface area contributed by atoms with Gasteiger partial charge in [0.15, 0.2) is 0 Å². The molecular formula is C27H28N4O5. The minimum Gasteiger partial charge on any atom is -0.497 e. The molecule has 3 aromatic carbocycles. The third-order valence-electron chi connectivity index (χ3n) is 5.65. The molecule has 0 saturated carbocycles. The zero-order chi connectivity index (χ0) is 25.5. The Labute approximate surface area is 209 Å². The lowest BCUT2D eigenvalue weighted by Crippen LogP contribution is -2.51. The Bertz CT molecular complexity index is 1240. The van der Waals surface area contributed by atoms with Crippen LogP contribution in [-0.2, 0) is 16.1 Å². The lowest BCUT2D eigenvalue weighted by Gasteiger charge is -2.35. The van der Waals surface area contributed by atoms with E-state index >= 15 is 0 Å². The van der Waals surface area contributed by atoms with Gasteiger partial charge >= 0.3 is 6.03 Å². The Hall–Kier alpha value is -4.53. The summed E-state index contributed by atoms with van der Waals surface area (Å²) in [6.45, 7) is 2.40. The second kappa shape index (κ2) is 11.3. The van der Waals surface area contributed by atoms with E-state index in [0.717, 1.165) is 5.56 Å². The molecule has 4 amide bonds. The van der Waals surface area contributed by atoms with Gasteiger partial charge in [-0.2, -0.15) is 0 Å².